The van der Waals surface area contributed by atoms with Gasteiger partial charge in [-0.1, -0.05) is 13.3 Å². The summed E-state index contributed by atoms with van der Waals surface area (Å²) in [6, 6.07) is 0. The van der Waals surface area contributed by atoms with Crippen molar-refractivity contribution in [2.24, 2.45) is 0 Å². The molecule has 0 aliphatic carbocycles. The molecule has 0 saturated carbocycles. The van der Waals surface area contributed by atoms with Crippen LogP contribution in [-0.4, -0.2) is 76.7 Å². The van der Waals surface area contributed by atoms with Crippen molar-refractivity contribution in [2.45, 2.75) is 32.0 Å². The summed E-state index contributed by atoms with van der Waals surface area (Å²) in [7, 11) is 0. The molecule has 0 aromatic rings. The first-order valence-corrected chi connectivity index (χ1v) is 7.56. The fourth-order valence-electron chi connectivity index (χ4n) is 1.81. The second-order valence-corrected chi connectivity index (χ2v) is 4.92. The molecule has 1 aliphatic heterocycles. The van der Waals surface area contributed by atoms with Crippen molar-refractivity contribution in [1.29, 1.82) is 0 Å². The standard InChI is InChI=1S/C14H29NO5/c1-2-3-4-17-5-6-18-11-13(16)9-15-10-14-12-19-7-8-20-14/h13-16H,2-12H2,1H3. The smallest absolute Gasteiger partial charge is 0.0933 e. The van der Waals surface area contributed by atoms with Crippen molar-refractivity contribution in [3.8, 4) is 0 Å². The fourth-order valence-corrected chi connectivity index (χ4v) is 1.81. The molecule has 1 fully saturated rings. The van der Waals surface area contributed by atoms with Crippen LogP contribution in [0.1, 0.15) is 19.8 Å². The normalized spacial score (nSPS) is 21.0. The minimum absolute atomic E-state index is 0.0869. The van der Waals surface area contributed by atoms with E-state index >= 15 is 0 Å². The van der Waals surface area contributed by atoms with Gasteiger partial charge in [0.1, 0.15) is 0 Å². The Morgan fingerprint density at radius 3 is 2.85 bits per heavy atom. The van der Waals surface area contributed by atoms with Gasteiger partial charge in [0.15, 0.2) is 0 Å². The maximum Gasteiger partial charge on any atom is 0.0933 e. The SMILES string of the molecule is CCCCOCCOCC(O)CNCC1COCCO1. The predicted octanol–water partition coefficient (Wildman–Crippen LogP) is 0.186. The summed E-state index contributed by atoms with van der Waals surface area (Å²) in [5.74, 6) is 0. The van der Waals surface area contributed by atoms with Crippen LogP contribution in [-0.2, 0) is 18.9 Å². The molecule has 0 radical (unpaired) electrons. The van der Waals surface area contributed by atoms with Crippen molar-refractivity contribution in [3.05, 3.63) is 0 Å². The first-order chi connectivity index (χ1) is 9.83. The lowest BCUT2D eigenvalue weighted by molar-refractivity contribution is -0.0872. The molecule has 2 unspecified atom stereocenters. The van der Waals surface area contributed by atoms with E-state index in [2.05, 4.69) is 12.2 Å². The quantitative estimate of drug-likeness (QED) is 0.500. The molecule has 0 aromatic heterocycles. The van der Waals surface area contributed by atoms with E-state index in [1.165, 1.54) is 0 Å². The van der Waals surface area contributed by atoms with Crippen LogP contribution in [0.5, 0.6) is 0 Å². The lowest BCUT2D eigenvalue weighted by atomic mass is 10.3. The van der Waals surface area contributed by atoms with E-state index in [-0.39, 0.29) is 6.10 Å². The zero-order valence-electron chi connectivity index (χ0n) is 12.5. The number of aliphatic hydroxyl groups excluding tert-OH is 1. The maximum atomic E-state index is 9.72. The second-order valence-electron chi connectivity index (χ2n) is 4.92. The number of rotatable bonds is 12. The summed E-state index contributed by atoms with van der Waals surface area (Å²) in [5, 5.41) is 12.9. The Bertz CT molecular complexity index is 212. The Morgan fingerprint density at radius 1 is 1.25 bits per heavy atom. The largest absolute Gasteiger partial charge is 0.389 e. The lowest BCUT2D eigenvalue weighted by Gasteiger charge is -2.23. The third kappa shape index (κ3) is 9.63. The van der Waals surface area contributed by atoms with Gasteiger partial charge in [-0.15, -0.1) is 0 Å². The third-order valence-electron chi connectivity index (χ3n) is 2.96. The maximum absolute atomic E-state index is 9.72. The molecule has 1 aliphatic rings. The van der Waals surface area contributed by atoms with Crippen LogP contribution < -0.4 is 5.32 Å². The van der Waals surface area contributed by atoms with Gasteiger partial charge in [-0.25, -0.2) is 0 Å². The highest BCUT2D eigenvalue weighted by atomic mass is 16.6. The summed E-state index contributed by atoms with van der Waals surface area (Å²) in [6.45, 7) is 7.49. The van der Waals surface area contributed by atoms with Crippen molar-refractivity contribution in [3.63, 3.8) is 0 Å². The molecular formula is C14H29NO5. The Morgan fingerprint density at radius 2 is 2.10 bits per heavy atom. The molecule has 0 amide bonds. The zero-order valence-corrected chi connectivity index (χ0v) is 12.5. The minimum Gasteiger partial charge on any atom is -0.389 e. The first-order valence-electron chi connectivity index (χ1n) is 7.56. The number of nitrogens with one attached hydrogen (secondary N) is 1. The molecule has 0 spiro atoms. The number of unbranched alkanes of at least 4 members (excludes halogenated alkanes) is 1. The van der Waals surface area contributed by atoms with Gasteiger partial charge < -0.3 is 29.4 Å². The molecule has 1 saturated heterocycles. The van der Waals surface area contributed by atoms with E-state index in [1.807, 2.05) is 0 Å². The zero-order chi connectivity index (χ0) is 14.5. The average Bonchev–Trinajstić information content (AvgIpc) is 2.47. The van der Waals surface area contributed by atoms with E-state index in [9.17, 15) is 5.11 Å². The van der Waals surface area contributed by atoms with E-state index in [4.69, 9.17) is 18.9 Å². The fraction of sp³-hybridized carbons (Fsp3) is 1.00. The van der Waals surface area contributed by atoms with E-state index in [1.54, 1.807) is 0 Å². The second kappa shape index (κ2) is 12.5. The molecule has 6 nitrogen and oxygen atoms in total. The molecule has 2 N–H and O–H groups in total. The highest BCUT2D eigenvalue weighted by Crippen LogP contribution is 1.98. The lowest BCUT2D eigenvalue weighted by Crippen LogP contribution is -2.40. The van der Waals surface area contributed by atoms with Gasteiger partial charge in [0.2, 0.25) is 0 Å². The van der Waals surface area contributed by atoms with Gasteiger partial charge >= 0.3 is 0 Å². The van der Waals surface area contributed by atoms with Gasteiger partial charge in [-0.05, 0) is 6.42 Å². The first kappa shape index (κ1) is 17.8. The van der Waals surface area contributed by atoms with E-state index in [0.717, 1.165) is 19.4 Å². The predicted molar refractivity (Wildman–Crippen MR) is 76.0 cm³/mol. The molecule has 0 aromatic carbocycles. The number of hydrogen-bond donors (Lipinski definition) is 2. The van der Waals surface area contributed by atoms with Gasteiger partial charge in [-0.2, -0.15) is 0 Å². The number of aliphatic hydroxyl groups is 1. The summed E-state index contributed by atoms with van der Waals surface area (Å²) >= 11 is 0. The molecule has 0 bridgehead atoms. The molecule has 2 atom stereocenters. The van der Waals surface area contributed by atoms with Crippen LogP contribution >= 0.6 is 0 Å². The molecule has 1 heterocycles. The topological polar surface area (TPSA) is 69.2 Å². The summed E-state index contributed by atoms with van der Waals surface area (Å²) in [5.41, 5.74) is 0. The molecular weight excluding hydrogens is 262 g/mol. The monoisotopic (exact) mass is 291 g/mol. The third-order valence-corrected chi connectivity index (χ3v) is 2.96. The van der Waals surface area contributed by atoms with Crippen LogP contribution in [0.3, 0.4) is 0 Å². The summed E-state index contributed by atoms with van der Waals surface area (Å²) < 4.78 is 21.5. The van der Waals surface area contributed by atoms with Crippen LogP contribution in [0.2, 0.25) is 0 Å². The van der Waals surface area contributed by atoms with Crippen LogP contribution in [0, 0.1) is 0 Å². The molecule has 120 valence electrons. The minimum atomic E-state index is -0.504. The van der Waals surface area contributed by atoms with Crippen LogP contribution in [0.15, 0.2) is 0 Å². The summed E-state index contributed by atoms with van der Waals surface area (Å²) in [6.07, 6.45) is 1.81. The Kier molecular flexibility index (Phi) is 11.1. The Labute approximate surface area is 121 Å². The highest BCUT2D eigenvalue weighted by molar-refractivity contribution is 4.66. The van der Waals surface area contributed by atoms with E-state index in [0.29, 0.717) is 52.7 Å². The van der Waals surface area contributed by atoms with E-state index < -0.39 is 6.10 Å². The number of hydrogen-bond acceptors (Lipinski definition) is 6. The highest BCUT2D eigenvalue weighted by Gasteiger charge is 2.14. The van der Waals surface area contributed by atoms with Crippen molar-refractivity contribution < 1.29 is 24.1 Å². The van der Waals surface area contributed by atoms with Crippen LogP contribution in [0.4, 0.5) is 0 Å². The van der Waals surface area contributed by atoms with Gasteiger partial charge in [-0.3, -0.25) is 0 Å². The Hall–Kier alpha value is -0.240. The van der Waals surface area contributed by atoms with Gasteiger partial charge in [0.25, 0.3) is 0 Å². The Balaban J connectivity index is 1.83. The molecule has 1 rings (SSSR count). The summed E-state index contributed by atoms with van der Waals surface area (Å²) in [4.78, 5) is 0. The van der Waals surface area contributed by atoms with Gasteiger partial charge in [0.05, 0.1) is 51.8 Å². The van der Waals surface area contributed by atoms with Crippen molar-refractivity contribution in [1.82, 2.24) is 5.32 Å². The van der Waals surface area contributed by atoms with Crippen LogP contribution in [0.25, 0.3) is 0 Å². The van der Waals surface area contributed by atoms with Gasteiger partial charge in [0, 0.05) is 19.7 Å². The van der Waals surface area contributed by atoms with Crippen molar-refractivity contribution in [2.75, 3.05) is 59.3 Å². The number of ether oxygens (including phenoxy) is 4. The van der Waals surface area contributed by atoms with Crippen molar-refractivity contribution >= 4 is 0 Å². The molecule has 20 heavy (non-hydrogen) atoms. The molecule has 6 heteroatoms. The average molecular weight is 291 g/mol.